The van der Waals surface area contributed by atoms with Crippen LogP contribution in [0.15, 0.2) is 23.1 Å². The number of aryl methyl sites for hydroxylation is 1. The number of hydrogen-bond donors (Lipinski definition) is 2. The highest BCUT2D eigenvalue weighted by molar-refractivity contribution is 7.89. The molecule has 0 aromatic heterocycles. The zero-order chi connectivity index (χ0) is 15.6. The van der Waals surface area contributed by atoms with E-state index >= 15 is 0 Å². The SMILES string of the molecule is Cc1ccc(S(=O)(=O)N(C)C)cc1NC(=O)[C@H]1CCCN1. The Morgan fingerprint density at radius 2 is 2.10 bits per heavy atom. The van der Waals surface area contributed by atoms with Crippen molar-refractivity contribution in [1.82, 2.24) is 9.62 Å². The van der Waals surface area contributed by atoms with Crippen molar-refractivity contribution in [2.24, 2.45) is 0 Å². The highest BCUT2D eigenvalue weighted by atomic mass is 32.2. The van der Waals surface area contributed by atoms with Gasteiger partial charge in [-0.25, -0.2) is 12.7 Å². The Hall–Kier alpha value is -1.44. The van der Waals surface area contributed by atoms with Crippen molar-refractivity contribution >= 4 is 21.6 Å². The molecule has 0 spiro atoms. The van der Waals surface area contributed by atoms with Crippen LogP contribution in [-0.4, -0.2) is 45.3 Å². The lowest BCUT2D eigenvalue weighted by Crippen LogP contribution is -2.35. The predicted molar refractivity (Wildman–Crippen MR) is 81.7 cm³/mol. The minimum absolute atomic E-state index is 0.116. The third-order valence-corrected chi connectivity index (χ3v) is 5.43. The largest absolute Gasteiger partial charge is 0.324 e. The van der Waals surface area contributed by atoms with Gasteiger partial charge in [-0.1, -0.05) is 6.07 Å². The zero-order valence-corrected chi connectivity index (χ0v) is 13.3. The van der Waals surface area contributed by atoms with Gasteiger partial charge in [-0.2, -0.15) is 0 Å². The fourth-order valence-corrected chi connectivity index (χ4v) is 3.16. The van der Waals surface area contributed by atoms with Crippen LogP contribution in [0.25, 0.3) is 0 Å². The van der Waals surface area contributed by atoms with Crippen LogP contribution in [0.1, 0.15) is 18.4 Å². The van der Waals surface area contributed by atoms with Crippen LogP contribution < -0.4 is 10.6 Å². The summed E-state index contributed by atoms with van der Waals surface area (Å²) in [6.45, 7) is 2.68. The lowest BCUT2D eigenvalue weighted by atomic mass is 10.1. The smallest absolute Gasteiger partial charge is 0.242 e. The van der Waals surface area contributed by atoms with Crippen LogP contribution in [0, 0.1) is 6.92 Å². The number of benzene rings is 1. The van der Waals surface area contributed by atoms with E-state index in [2.05, 4.69) is 10.6 Å². The van der Waals surface area contributed by atoms with Crippen molar-refractivity contribution in [3.05, 3.63) is 23.8 Å². The van der Waals surface area contributed by atoms with Gasteiger partial charge in [0.25, 0.3) is 0 Å². The second kappa shape index (κ2) is 6.13. The number of carbonyl (C=O) groups is 1. The lowest BCUT2D eigenvalue weighted by Gasteiger charge is -2.16. The summed E-state index contributed by atoms with van der Waals surface area (Å²) < 4.78 is 25.4. The monoisotopic (exact) mass is 311 g/mol. The molecule has 2 N–H and O–H groups in total. The topological polar surface area (TPSA) is 78.5 Å². The number of sulfonamides is 1. The van der Waals surface area contributed by atoms with Gasteiger partial charge in [0.2, 0.25) is 15.9 Å². The number of nitrogens with one attached hydrogen (secondary N) is 2. The van der Waals surface area contributed by atoms with E-state index in [-0.39, 0.29) is 16.8 Å². The minimum Gasteiger partial charge on any atom is -0.324 e. The standard InChI is InChI=1S/C14H21N3O3S/c1-10-6-7-11(21(19,20)17(2)3)9-13(10)16-14(18)12-5-4-8-15-12/h6-7,9,12,15H,4-5,8H2,1-3H3,(H,16,18)/t12-/m1/s1. The molecule has 6 nitrogen and oxygen atoms in total. The molecule has 1 atom stereocenters. The molecule has 0 radical (unpaired) electrons. The minimum atomic E-state index is -3.50. The number of amides is 1. The Kier molecular flexibility index (Phi) is 4.65. The molecule has 1 amide bonds. The van der Waals surface area contributed by atoms with Crippen LogP contribution in [0.2, 0.25) is 0 Å². The Balaban J connectivity index is 2.25. The number of hydrogen-bond acceptors (Lipinski definition) is 4. The Morgan fingerprint density at radius 3 is 2.67 bits per heavy atom. The van der Waals surface area contributed by atoms with E-state index < -0.39 is 10.0 Å². The van der Waals surface area contributed by atoms with Gasteiger partial charge in [0.05, 0.1) is 10.9 Å². The molecule has 7 heteroatoms. The molecule has 1 aliphatic rings. The summed E-state index contributed by atoms with van der Waals surface area (Å²) in [6, 6.07) is 4.57. The van der Waals surface area contributed by atoms with Crippen molar-refractivity contribution in [3.63, 3.8) is 0 Å². The highest BCUT2D eigenvalue weighted by Gasteiger charge is 2.23. The van der Waals surface area contributed by atoms with Crippen LogP contribution in [0.5, 0.6) is 0 Å². The molecular weight excluding hydrogens is 290 g/mol. The molecular formula is C14H21N3O3S. The molecule has 0 aliphatic carbocycles. The van der Waals surface area contributed by atoms with Crippen molar-refractivity contribution in [1.29, 1.82) is 0 Å². The first kappa shape index (κ1) is 15.9. The van der Waals surface area contributed by atoms with Gasteiger partial charge in [0.15, 0.2) is 0 Å². The lowest BCUT2D eigenvalue weighted by molar-refractivity contribution is -0.117. The fourth-order valence-electron chi connectivity index (χ4n) is 2.24. The number of anilines is 1. The van der Waals surface area contributed by atoms with Crippen molar-refractivity contribution < 1.29 is 13.2 Å². The molecule has 116 valence electrons. The van der Waals surface area contributed by atoms with Gasteiger partial charge < -0.3 is 10.6 Å². The van der Waals surface area contributed by atoms with Gasteiger partial charge in [-0.3, -0.25) is 4.79 Å². The molecule has 21 heavy (non-hydrogen) atoms. The maximum absolute atomic E-state index is 12.1. The first-order chi connectivity index (χ1) is 9.82. The Bertz CT molecular complexity index is 635. The third kappa shape index (κ3) is 3.42. The van der Waals surface area contributed by atoms with E-state index in [1.807, 2.05) is 6.92 Å². The van der Waals surface area contributed by atoms with E-state index in [0.29, 0.717) is 5.69 Å². The quantitative estimate of drug-likeness (QED) is 0.867. The van der Waals surface area contributed by atoms with Gasteiger partial charge in [0.1, 0.15) is 0 Å². The van der Waals surface area contributed by atoms with Crippen LogP contribution in [0.4, 0.5) is 5.69 Å². The summed E-state index contributed by atoms with van der Waals surface area (Å²) in [7, 11) is -0.540. The molecule has 0 saturated carbocycles. The van der Waals surface area contributed by atoms with Gasteiger partial charge in [-0.15, -0.1) is 0 Å². The summed E-state index contributed by atoms with van der Waals surface area (Å²) >= 11 is 0. The molecule has 0 bridgehead atoms. The average Bonchev–Trinajstić information content (AvgIpc) is 2.94. The number of rotatable bonds is 4. The van der Waals surface area contributed by atoms with E-state index in [0.717, 1.165) is 29.3 Å². The van der Waals surface area contributed by atoms with Crippen LogP contribution in [-0.2, 0) is 14.8 Å². The summed E-state index contributed by atoms with van der Waals surface area (Å²) in [5.41, 5.74) is 1.37. The molecule has 1 heterocycles. The molecule has 1 fully saturated rings. The second-order valence-corrected chi connectivity index (χ2v) is 7.55. The molecule has 1 saturated heterocycles. The Morgan fingerprint density at radius 1 is 1.38 bits per heavy atom. The van der Waals surface area contributed by atoms with Crippen molar-refractivity contribution in [2.75, 3.05) is 26.0 Å². The Labute approximate surface area is 125 Å². The third-order valence-electron chi connectivity index (χ3n) is 3.62. The zero-order valence-electron chi connectivity index (χ0n) is 12.5. The maximum Gasteiger partial charge on any atom is 0.242 e. The second-order valence-electron chi connectivity index (χ2n) is 5.40. The predicted octanol–water partition coefficient (Wildman–Crippen LogP) is 0.936. The summed E-state index contributed by atoms with van der Waals surface area (Å²) in [6.07, 6.45) is 1.78. The van der Waals surface area contributed by atoms with Crippen molar-refractivity contribution in [2.45, 2.75) is 30.7 Å². The molecule has 1 aromatic carbocycles. The van der Waals surface area contributed by atoms with Gasteiger partial charge in [0, 0.05) is 19.8 Å². The average molecular weight is 311 g/mol. The van der Waals surface area contributed by atoms with Gasteiger partial charge >= 0.3 is 0 Å². The number of nitrogens with zero attached hydrogens (tertiary/aromatic N) is 1. The van der Waals surface area contributed by atoms with E-state index in [9.17, 15) is 13.2 Å². The summed E-state index contributed by atoms with van der Waals surface area (Å²) in [5, 5.41) is 5.94. The van der Waals surface area contributed by atoms with E-state index in [4.69, 9.17) is 0 Å². The van der Waals surface area contributed by atoms with E-state index in [1.54, 1.807) is 12.1 Å². The molecule has 2 rings (SSSR count). The van der Waals surface area contributed by atoms with Gasteiger partial charge in [-0.05, 0) is 44.0 Å². The first-order valence-corrected chi connectivity index (χ1v) is 8.34. The summed E-state index contributed by atoms with van der Waals surface area (Å²) in [5.74, 6) is -0.116. The summed E-state index contributed by atoms with van der Waals surface area (Å²) in [4.78, 5) is 12.3. The first-order valence-electron chi connectivity index (χ1n) is 6.90. The maximum atomic E-state index is 12.1. The number of carbonyl (C=O) groups excluding carboxylic acids is 1. The van der Waals surface area contributed by atoms with Crippen molar-refractivity contribution in [3.8, 4) is 0 Å². The van der Waals surface area contributed by atoms with Crippen LogP contribution in [0.3, 0.4) is 0 Å². The van der Waals surface area contributed by atoms with E-state index in [1.165, 1.54) is 20.2 Å². The molecule has 1 aromatic rings. The normalized spacial score (nSPS) is 19.0. The molecule has 0 unspecified atom stereocenters. The molecule has 1 aliphatic heterocycles. The highest BCUT2D eigenvalue weighted by Crippen LogP contribution is 2.22. The van der Waals surface area contributed by atoms with Crippen LogP contribution >= 0.6 is 0 Å². The fraction of sp³-hybridized carbons (Fsp3) is 0.500.